The first kappa shape index (κ1) is 23.5. The number of halogens is 2. The van der Waals surface area contributed by atoms with Gasteiger partial charge in [-0.3, -0.25) is 9.40 Å². The summed E-state index contributed by atoms with van der Waals surface area (Å²) in [6.45, 7) is 6.13. The molecule has 0 unspecified atom stereocenters. The van der Waals surface area contributed by atoms with Gasteiger partial charge in [0, 0.05) is 28.3 Å². The van der Waals surface area contributed by atoms with Crippen LogP contribution in [-0.4, -0.2) is 27.6 Å². The van der Waals surface area contributed by atoms with Gasteiger partial charge in [0.25, 0.3) is 10.0 Å². The van der Waals surface area contributed by atoms with Crippen LogP contribution < -0.4 is 9.46 Å². The van der Waals surface area contributed by atoms with Crippen LogP contribution in [0, 0.1) is 0 Å². The molecule has 0 amide bonds. The molecular formula is C21H19Cl2N5O3S2. The molecule has 0 spiro atoms. The third-order valence-electron chi connectivity index (χ3n) is 4.51. The molecule has 172 valence electrons. The average molecular weight is 524 g/mol. The van der Waals surface area contributed by atoms with Crippen molar-refractivity contribution in [1.82, 2.24) is 19.1 Å². The summed E-state index contributed by atoms with van der Waals surface area (Å²) in [5, 5.41) is 5.26. The molecule has 0 aliphatic carbocycles. The van der Waals surface area contributed by atoms with E-state index in [-0.39, 0.29) is 26.3 Å². The Morgan fingerprint density at radius 3 is 2.48 bits per heavy atom. The van der Waals surface area contributed by atoms with Crippen LogP contribution in [0.3, 0.4) is 0 Å². The number of benzene rings is 2. The first-order valence-electron chi connectivity index (χ1n) is 9.66. The van der Waals surface area contributed by atoms with Gasteiger partial charge in [0.2, 0.25) is 5.13 Å². The molecule has 0 saturated heterocycles. The molecule has 8 nitrogen and oxygen atoms in total. The van der Waals surface area contributed by atoms with E-state index in [0.717, 1.165) is 22.8 Å². The highest BCUT2D eigenvalue weighted by molar-refractivity contribution is 7.93. The first-order valence-corrected chi connectivity index (χ1v) is 12.7. The minimum atomic E-state index is -3.88. The second kappa shape index (κ2) is 8.94. The zero-order valence-electron chi connectivity index (χ0n) is 17.8. The Morgan fingerprint density at radius 1 is 1.06 bits per heavy atom. The summed E-state index contributed by atoms with van der Waals surface area (Å²) in [7, 11) is -3.88. The highest BCUT2D eigenvalue weighted by Crippen LogP contribution is 2.39. The topological polar surface area (TPSA) is 99.0 Å². The van der Waals surface area contributed by atoms with Gasteiger partial charge in [0.1, 0.15) is 17.8 Å². The summed E-state index contributed by atoms with van der Waals surface area (Å²) in [6, 6.07) is 11.3. The van der Waals surface area contributed by atoms with Gasteiger partial charge in [-0.25, -0.2) is 13.4 Å². The fourth-order valence-corrected chi connectivity index (χ4v) is 5.22. The smallest absolute Gasteiger partial charge is 0.263 e. The lowest BCUT2D eigenvalue weighted by Crippen LogP contribution is -2.23. The van der Waals surface area contributed by atoms with Crippen molar-refractivity contribution < 1.29 is 13.2 Å². The van der Waals surface area contributed by atoms with Gasteiger partial charge in [-0.15, -0.1) is 0 Å². The molecule has 33 heavy (non-hydrogen) atoms. The fraction of sp³-hybridized carbons (Fsp3) is 0.190. The van der Waals surface area contributed by atoms with Crippen molar-refractivity contribution in [3.8, 4) is 22.8 Å². The minimum Gasteiger partial charge on any atom is -0.455 e. The van der Waals surface area contributed by atoms with Gasteiger partial charge >= 0.3 is 0 Å². The van der Waals surface area contributed by atoms with E-state index in [1.54, 1.807) is 24.4 Å². The van der Waals surface area contributed by atoms with Crippen LogP contribution in [0.1, 0.15) is 20.8 Å². The summed E-state index contributed by atoms with van der Waals surface area (Å²) in [5.74, 6) is 0.784. The molecule has 0 radical (unpaired) electrons. The zero-order chi connectivity index (χ0) is 23.8. The standard InChI is InChI=1S/C21H19Cl2N5O3S2/c1-21(2,3)28-17(8-9-25-28)15-10-13(22)4-6-18(15)31-19-7-5-14(11-16(19)23)33(29,30)27-20-24-12-26-32-20/h4-12H,1-3H3,(H,24,26,27). The molecular weight excluding hydrogens is 505 g/mol. The molecule has 0 fully saturated rings. The number of sulfonamides is 1. The van der Waals surface area contributed by atoms with E-state index < -0.39 is 10.0 Å². The van der Waals surface area contributed by atoms with Crippen molar-refractivity contribution in [3.63, 3.8) is 0 Å². The van der Waals surface area contributed by atoms with Crippen LogP contribution in [0.15, 0.2) is 59.9 Å². The summed E-state index contributed by atoms with van der Waals surface area (Å²) >= 11 is 13.6. The van der Waals surface area contributed by atoms with E-state index in [0.29, 0.717) is 10.8 Å². The molecule has 2 heterocycles. The van der Waals surface area contributed by atoms with Gasteiger partial charge < -0.3 is 4.74 Å². The zero-order valence-corrected chi connectivity index (χ0v) is 20.9. The third-order valence-corrected chi connectivity index (χ3v) is 7.09. The number of anilines is 1. The molecule has 0 aliphatic heterocycles. The van der Waals surface area contributed by atoms with Crippen LogP contribution in [0.4, 0.5) is 5.13 Å². The number of ether oxygens (including phenoxy) is 1. The van der Waals surface area contributed by atoms with E-state index in [4.69, 9.17) is 27.9 Å². The Kier molecular flexibility index (Phi) is 6.37. The molecule has 2 aromatic heterocycles. The minimum absolute atomic E-state index is 0.0304. The first-order chi connectivity index (χ1) is 15.5. The average Bonchev–Trinajstić information content (AvgIpc) is 3.42. The van der Waals surface area contributed by atoms with E-state index in [9.17, 15) is 8.42 Å². The van der Waals surface area contributed by atoms with Gasteiger partial charge in [-0.2, -0.15) is 9.47 Å². The van der Waals surface area contributed by atoms with Crippen LogP contribution in [-0.2, 0) is 15.6 Å². The predicted molar refractivity (Wildman–Crippen MR) is 130 cm³/mol. The van der Waals surface area contributed by atoms with E-state index in [1.807, 2.05) is 31.5 Å². The monoisotopic (exact) mass is 523 g/mol. The van der Waals surface area contributed by atoms with Gasteiger partial charge in [-0.1, -0.05) is 23.2 Å². The second-order valence-corrected chi connectivity index (χ2v) is 11.3. The Morgan fingerprint density at radius 2 is 1.82 bits per heavy atom. The quantitative estimate of drug-likeness (QED) is 0.329. The number of aromatic nitrogens is 4. The SMILES string of the molecule is CC(C)(C)n1nccc1-c1cc(Cl)ccc1Oc1ccc(S(=O)(=O)Nc2ncns2)cc1Cl. The molecule has 4 rings (SSSR count). The van der Waals surface area contributed by atoms with Crippen LogP contribution in [0.5, 0.6) is 11.5 Å². The van der Waals surface area contributed by atoms with Crippen LogP contribution >= 0.6 is 34.7 Å². The normalized spacial score (nSPS) is 12.0. The lowest BCUT2D eigenvalue weighted by atomic mass is 10.1. The summed E-state index contributed by atoms with van der Waals surface area (Å²) < 4.78 is 39.3. The summed E-state index contributed by atoms with van der Waals surface area (Å²) in [4.78, 5) is 3.80. The van der Waals surface area contributed by atoms with Crippen molar-refractivity contribution in [2.45, 2.75) is 31.2 Å². The Balaban J connectivity index is 1.68. The van der Waals surface area contributed by atoms with Crippen LogP contribution in [0.25, 0.3) is 11.3 Å². The molecule has 4 aromatic rings. The largest absolute Gasteiger partial charge is 0.455 e. The van der Waals surface area contributed by atoms with E-state index in [2.05, 4.69) is 19.2 Å². The predicted octanol–water partition coefficient (Wildman–Crippen LogP) is 6.06. The van der Waals surface area contributed by atoms with Crippen molar-refractivity contribution in [2.75, 3.05) is 4.72 Å². The van der Waals surface area contributed by atoms with Gasteiger partial charge in [0.05, 0.1) is 21.2 Å². The molecule has 0 saturated carbocycles. The van der Waals surface area contributed by atoms with Gasteiger partial charge in [-0.05, 0) is 63.2 Å². The fourth-order valence-electron chi connectivity index (χ4n) is 3.08. The van der Waals surface area contributed by atoms with E-state index >= 15 is 0 Å². The molecule has 0 bridgehead atoms. The van der Waals surface area contributed by atoms with Crippen molar-refractivity contribution in [2.24, 2.45) is 0 Å². The van der Waals surface area contributed by atoms with Crippen molar-refractivity contribution >= 4 is 49.9 Å². The lowest BCUT2D eigenvalue weighted by molar-refractivity contribution is 0.359. The number of rotatable bonds is 6. The highest BCUT2D eigenvalue weighted by Gasteiger charge is 2.22. The summed E-state index contributed by atoms with van der Waals surface area (Å²) in [6.07, 6.45) is 2.98. The molecule has 12 heteroatoms. The Labute approximate surface area is 205 Å². The molecule has 0 aliphatic rings. The van der Waals surface area contributed by atoms with Crippen molar-refractivity contribution in [1.29, 1.82) is 0 Å². The molecule has 0 atom stereocenters. The second-order valence-electron chi connectivity index (χ2n) is 7.99. The Hall–Kier alpha value is -2.66. The van der Waals surface area contributed by atoms with Crippen molar-refractivity contribution in [3.05, 3.63) is 65.0 Å². The van der Waals surface area contributed by atoms with Gasteiger partial charge in [0.15, 0.2) is 0 Å². The molecule has 2 aromatic carbocycles. The number of hydrogen-bond acceptors (Lipinski definition) is 7. The summed E-state index contributed by atoms with van der Waals surface area (Å²) in [5.41, 5.74) is 1.27. The maximum absolute atomic E-state index is 12.6. The maximum Gasteiger partial charge on any atom is 0.263 e. The maximum atomic E-state index is 12.6. The van der Waals surface area contributed by atoms with E-state index in [1.165, 1.54) is 24.5 Å². The molecule has 1 N–H and O–H groups in total. The number of hydrogen-bond donors (Lipinski definition) is 1. The lowest BCUT2D eigenvalue weighted by Gasteiger charge is -2.23. The number of nitrogens with one attached hydrogen (secondary N) is 1. The third kappa shape index (κ3) is 5.14. The van der Waals surface area contributed by atoms with Crippen LogP contribution in [0.2, 0.25) is 10.0 Å². The number of nitrogens with zero attached hydrogens (tertiary/aromatic N) is 4. The highest BCUT2D eigenvalue weighted by atomic mass is 35.5. The Bertz CT molecular complexity index is 1400.